The van der Waals surface area contributed by atoms with E-state index in [1.165, 1.54) is 0 Å². The summed E-state index contributed by atoms with van der Waals surface area (Å²) in [6, 6.07) is -0.365. The Morgan fingerprint density at radius 2 is 2.08 bits per heavy atom. The number of aliphatic hydroxyl groups is 1. The van der Waals surface area contributed by atoms with E-state index in [2.05, 4.69) is 0 Å². The molecule has 0 saturated carbocycles. The van der Waals surface area contributed by atoms with Gasteiger partial charge in [-0.2, -0.15) is 0 Å². The van der Waals surface area contributed by atoms with Gasteiger partial charge in [-0.05, 0) is 13.8 Å². The van der Waals surface area contributed by atoms with Gasteiger partial charge in [-0.25, -0.2) is 0 Å². The Balaban J connectivity index is 2.80. The van der Waals surface area contributed by atoms with Crippen molar-refractivity contribution in [3.05, 3.63) is 0 Å². The topological polar surface area (TPSA) is 60.8 Å². The predicted molar refractivity (Wildman–Crippen MR) is 48.4 cm³/mol. The van der Waals surface area contributed by atoms with Crippen LogP contribution in [-0.2, 0) is 4.79 Å². The van der Waals surface area contributed by atoms with Crippen molar-refractivity contribution in [1.29, 1.82) is 0 Å². The standard InChI is InChI=1S/C9H17NO3/c1-5(2)10-4-7(11)6(3)8(10)9(12)13/h5-8,11H,4H2,1-3H3,(H,12,13)/t6-,7?,8+/m1/s1. The van der Waals surface area contributed by atoms with E-state index in [-0.39, 0.29) is 12.0 Å². The summed E-state index contributed by atoms with van der Waals surface area (Å²) in [4.78, 5) is 12.8. The van der Waals surface area contributed by atoms with Gasteiger partial charge in [-0.3, -0.25) is 9.69 Å². The highest BCUT2D eigenvalue weighted by Gasteiger charge is 2.43. The van der Waals surface area contributed by atoms with Gasteiger partial charge in [0.1, 0.15) is 6.04 Å². The summed E-state index contributed by atoms with van der Waals surface area (Å²) < 4.78 is 0. The summed E-state index contributed by atoms with van der Waals surface area (Å²) in [5.41, 5.74) is 0. The Hall–Kier alpha value is -0.610. The lowest BCUT2D eigenvalue weighted by Crippen LogP contribution is -2.42. The molecule has 0 aromatic rings. The molecular weight excluding hydrogens is 170 g/mol. The number of hydrogen-bond donors (Lipinski definition) is 2. The Labute approximate surface area is 78.2 Å². The molecule has 1 rings (SSSR count). The first-order chi connectivity index (χ1) is 5.95. The Morgan fingerprint density at radius 1 is 1.54 bits per heavy atom. The Kier molecular flexibility index (Phi) is 2.93. The second-order valence-corrected chi connectivity index (χ2v) is 4.00. The quantitative estimate of drug-likeness (QED) is 0.646. The maximum atomic E-state index is 10.9. The fourth-order valence-electron chi connectivity index (χ4n) is 1.91. The molecule has 3 atom stereocenters. The molecule has 2 N–H and O–H groups in total. The zero-order chi connectivity index (χ0) is 10.2. The second kappa shape index (κ2) is 3.64. The molecule has 1 heterocycles. The number of nitrogens with zero attached hydrogens (tertiary/aromatic N) is 1. The minimum Gasteiger partial charge on any atom is -0.480 e. The molecule has 0 aromatic carbocycles. The second-order valence-electron chi connectivity index (χ2n) is 4.00. The molecule has 0 bridgehead atoms. The van der Waals surface area contributed by atoms with Crippen LogP contribution in [0, 0.1) is 5.92 Å². The SMILES string of the molecule is CC(C)N1CC(O)[C@@H](C)[C@H]1C(=O)O. The molecule has 0 spiro atoms. The molecule has 1 aliphatic rings. The Morgan fingerprint density at radius 3 is 2.38 bits per heavy atom. The van der Waals surface area contributed by atoms with Crippen LogP contribution >= 0.6 is 0 Å². The first-order valence-corrected chi connectivity index (χ1v) is 4.61. The van der Waals surface area contributed by atoms with Crippen molar-refractivity contribution < 1.29 is 15.0 Å². The fraction of sp³-hybridized carbons (Fsp3) is 0.889. The normalized spacial score (nSPS) is 35.6. The summed E-state index contributed by atoms with van der Waals surface area (Å²) in [7, 11) is 0. The predicted octanol–water partition coefficient (Wildman–Crippen LogP) is 0.161. The van der Waals surface area contributed by atoms with Gasteiger partial charge in [-0.1, -0.05) is 6.92 Å². The average Bonchev–Trinajstić information content (AvgIpc) is 2.28. The summed E-state index contributed by atoms with van der Waals surface area (Å²) in [6.45, 7) is 6.14. The molecule has 4 heteroatoms. The number of carboxylic acids is 1. The molecule has 1 aliphatic heterocycles. The lowest BCUT2D eigenvalue weighted by atomic mass is 10.0. The van der Waals surface area contributed by atoms with E-state index in [0.29, 0.717) is 6.54 Å². The molecule has 0 radical (unpaired) electrons. The number of β-amino-alcohol motifs (C(OH)–C–C–N with tert-alkyl or cyclic N) is 1. The summed E-state index contributed by atoms with van der Waals surface area (Å²) in [5, 5.41) is 18.5. The van der Waals surface area contributed by atoms with Crippen LogP contribution in [0.15, 0.2) is 0 Å². The van der Waals surface area contributed by atoms with E-state index in [1.54, 1.807) is 6.92 Å². The zero-order valence-corrected chi connectivity index (χ0v) is 8.27. The summed E-state index contributed by atoms with van der Waals surface area (Å²) in [5.74, 6) is -1.02. The van der Waals surface area contributed by atoms with Crippen molar-refractivity contribution in [2.75, 3.05) is 6.54 Å². The van der Waals surface area contributed by atoms with E-state index in [9.17, 15) is 9.90 Å². The van der Waals surface area contributed by atoms with Crippen molar-refractivity contribution in [2.45, 2.75) is 39.0 Å². The monoisotopic (exact) mass is 187 g/mol. The van der Waals surface area contributed by atoms with Gasteiger partial charge < -0.3 is 10.2 Å². The van der Waals surface area contributed by atoms with Crippen molar-refractivity contribution >= 4 is 5.97 Å². The van der Waals surface area contributed by atoms with Gasteiger partial charge in [0, 0.05) is 18.5 Å². The van der Waals surface area contributed by atoms with Crippen molar-refractivity contribution in [3.63, 3.8) is 0 Å². The maximum Gasteiger partial charge on any atom is 0.321 e. The number of aliphatic hydroxyl groups excluding tert-OH is 1. The molecule has 1 unspecified atom stereocenters. The zero-order valence-electron chi connectivity index (χ0n) is 8.27. The van der Waals surface area contributed by atoms with E-state index in [1.807, 2.05) is 18.7 Å². The third-order valence-corrected chi connectivity index (χ3v) is 2.78. The maximum absolute atomic E-state index is 10.9. The molecule has 0 aliphatic carbocycles. The van der Waals surface area contributed by atoms with E-state index in [4.69, 9.17) is 5.11 Å². The molecular formula is C9H17NO3. The average molecular weight is 187 g/mol. The van der Waals surface area contributed by atoms with Crippen molar-refractivity contribution in [2.24, 2.45) is 5.92 Å². The summed E-state index contributed by atoms with van der Waals surface area (Å²) >= 11 is 0. The fourth-order valence-corrected chi connectivity index (χ4v) is 1.91. The van der Waals surface area contributed by atoms with Gasteiger partial charge in [0.25, 0.3) is 0 Å². The smallest absolute Gasteiger partial charge is 0.321 e. The Bertz CT molecular complexity index is 205. The van der Waals surface area contributed by atoms with Crippen LogP contribution in [0.2, 0.25) is 0 Å². The van der Waals surface area contributed by atoms with Crippen molar-refractivity contribution in [1.82, 2.24) is 4.90 Å². The lowest BCUT2D eigenvalue weighted by molar-refractivity contribution is -0.144. The third-order valence-electron chi connectivity index (χ3n) is 2.78. The highest BCUT2D eigenvalue weighted by molar-refractivity contribution is 5.74. The summed E-state index contributed by atoms with van der Waals surface area (Å²) in [6.07, 6.45) is -0.511. The van der Waals surface area contributed by atoms with Crippen LogP contribution < -0.4 is 0 Å². The highest BCUT2D eigenvalue weighted by atomic mass is 16.4. The number of carbonyl (C=O) groups is 1. The largest absolute Gasteiger partial charge is 0.480 e. The molecule has 76 valence electrons. The van der Waals surface area contributed by atoms with Crippen LogP contribution in [0.4, 0.5) is 0 Å². The van der Waals surface area contributed by atoms with E-state index in [0.717, 1.165) is 0 Å². The minimum atomic E-state index is -0.835. The number of hydrogen-bond acceptors (Lipinski definition) is 3. The van der Waals surface area contributed by atoms with E-state index >= 15 is 0 Å². The molecule has 4 nitrogen and oxygen atoms in total. The van der Waals surface area contributed by atoms with Crippen LogP contribution in [0.25, 0.3) is 0 Å². The molecule has 13 heavy (non-hydrogen) atoms. The number of carboxylic acid groups (broad SMARTS) is 1. The van der Waals surface area contributed by atoms with Crippen LogP contribution in [-0.4, -0.2) is 45.8 Å². The lowest BCUT2D eigenvalue weighted by Gasteiger charge is -2.26. The minimum absolute atomic E-state index is 0.167. The number of rotatable bonds is 2. The number of likely N-dealkylation sites (tertiary alicyclic amines) is 1. The van der Waals surface area contributed by atoms with Crippen LogP contribution in [0.5, 0.6) is 0 Å². The van der Waals surface area contributed by atoms with Gasteiger partial charge in [-0.15, -0.1) is 0 Å². The van der Waals surface area contributed by atoms with Crippen LogP contribution in [0.1, 0.15) is 20.8 Å². The number of aliphatic carboxylic acids is 1. The van der Waals surface area contributed by atoms with E-state index < -0.39 is 18.1 Å². The van der Waals surface area contributed by atoms with Gasteiger partial charge in [0.15, 0.2) is 0 Å². The first-order valence-electron chi connectivity index (χ1n) is 4.61. The molecule has 1 fully saturated rings. The third kappa shape index (κ3) is 1.84. The molecule has 0 aromatic heterocycles. The van der Waals surface area contributed by atoms with Gasteiger partial charge >= 0.3 is 5.97 Å². The van der Waals surface area contributed by atoms with Crippen LogP contribution in [0.3, 0.4) is 0 Å². The molecule has 0 amide bonds. The molecule has 1 saturated heterocycles. The first kappa shape index (κ1) is 10.5. The van der Waals surface area contributed by atoms with Crippen molar-refractivity contribution in [3.8, 4) is 0 Å². The van der Waals surface area contributed by atoms with Gasteiger partial charge in [0.05, 0.1) is 6.10 Å². The van der Waals surface area contributed by atoms with Gasteiger partial charge in [0.2, 0.25) is 0 Å². The highest BCUT2D eigenvalue weighted by Crippen LogP contribution is 2.26.